The third kappa shape index (κ3) is 4.18. The molecule has 2 unspecified atom stereocenters. The summed E-state index contributed by atoms with van der Waals surface area (Å²) in [6.07, 6.45) is 2.74. The SMILES string of the molecule is CCCC1(C(=O)NC(CCOC)C(=O)O)CCNC1. The summed E-state index contributed by atoms with van der Waals surface area (Å²) in [6.45, 7) is 3.79. The first kappa shape index (κ1) is 15.9. The van der Waals surface area contributed by atoms with Crippen LogP contribution in [0.4, 0.5) is 0 Å². The first-order chi connectivity index (χ1) is 9.05. The Morgan fingerprint density at radius 3 is 2.74 bits per heavy atom. The van der Waals surface area contributed by atoms with Crippen molar-refractivity contribution >= 4 is 11.9 Å². The molecular weight excluding hydrogens is 248 g/mol. The molecule has 0 saturated carbocycles. The van der Waals surface area contributed by atoms with E-state index in [1.165, 1.54) is 7.11 Å². The van der Waals surface area contributed by atoms with Gasteiger partial charge in [-0.25, -0.2) is 4.79 Å². The molecule has 0 aliphatic carbocycles. The molecule has 0 bridgehead atoms. The summed E-state index contributed by atoms with van der Waals surface area (Å²) in [7, 11) is 1.51. The van der Waals surface area contributed by atoms with Gasteiger partial charge in [0.2, 0.25) is 5.91 Å². The minimum atomic E-state index is -1.01. The topological polar surface area (TPSA) is 87.7 Å². The Morgan fingerprint density at radius 2 is 2.26 bits per heavy atom. The summed E-state index contributed by atoms with van der Waals surface area (Å²) in [5, 5.41) is 15.0. The Morgan fingerprint density at radius 1 is 1.53 bits per heavy atom. The standard InChI is InChI=1S/C13H24N2O4/c1-3-5-13(6-7-14-9-13)12(18)15-10(11(16)17)4-8-19-2/h10,14H,3-9H2,1-2H3,(H,15,18)(H,16,17). The zero-order chi connectivity index (χ0) is 14.3. The lowest BCUT2D eigenvalue weighted by atomic mass is 9.81. The van der Waals surface area contributed by atoms with Crippen LogP contribution in [0.2, 0.25) is 0 Å². The second kappa shape index (κ2) is 7.45. The maximum Gasteiger partial charge on any atom is 0.326 e. The predicted octanol–water partition coefficient (Wildman–Crippen LogP) is 0.372. The summed E-state index contributed by atoms with van der Waals surface area (Å²) >= 11 is 0. The van der Waals surface area contributed by atoms with Gasteiger partial charge in [0.1, 0.15) is 6.04 Å². The van der Waals surface area contributed by atoms with E-state index in [0.29, 0.717) is 13.2 Å². The van der Waals surface area contributed by atoms with Crippen LogP contribution in [0.5, 0.6) is 0 Å². The number of amides is 1. The maximum atomic E-state index is 12.4. The van der Waals surface area contributed by atoms with Crippen LogP contribution >= 0.6 is 0 Å². The molecule has 110 valence electrons. The van der Waals surface area contributed by atoms with Crippen molar-refractivity contribution in [1.82, 2.24) is 10.6 Å². The smallest absolute Gasteiger partial charge is 0.326 e. The predicted molar refractivity (Wildman–Crippen MR) is 70.9 cm³/mol. The van der Waals surface area contributed by atoms with Gasteiger partial charge in [-0.15, -0.1) is 0 Å². The normalized spacial score (nSPS) is 24.1. The number of hydrogen-bond acceptors (Lipinski definition) is 4. The molecule has 0 aromatic carbocycles. The number of carboxylic acid groups (broad SMARTS) is 1. The summed E-state index contributed by atoms with van der Waals surface area (Å²) in [4.78, 5) is 23.5. The Balaban J connectivity index is 2.65. The fourth-order valence-corrected chi connectivity index (χ4v) is 2.55. The zero-order valence-electron chi connectivity index (χ0n) is 11.7. The van der Waals surface area contributed by atoms with Gasteiger partial charge in [-0.2, -0.15) is 0 Å². The van der Waals surface area contributed by atoms with Crippen LogP contribution < -0.4 is 10.6 Å². The summed E-state index contributed by atoms with van der Waals surface area (Å²) < 4.78 is 4.88. The van der Waals surface area contributed by atoms with Gasteiger partial charge in [-0.05, 0) is 19.4 Å². The highest BCUT2D eigenvalue weighted by atomic mass is 16.5. The van der Waals surface area contributed by atoms with E-state index in [1.807, 2.05) is 6.92 Å². The van der Waals surface area contributed by atoms with E-state index >= 15 is 0 Å². The molecule has 1 rings (SSSR count). The number of nitrogens with one attached hydrogen (secondary N) is 2. The van der Waals surface area contributed by atoms with Gasteiger partial charge < -0.3 is 20.5 Å². The highest BCUT2D eigenvalue weighted by Gasteiger charge is 2.41. The Labute approximate surface area is 113 Å². The van der Waals surface area contributed by atoms with E-state index < -0.39 is 17.4 Å². The molecule has 1 amide bonds. The second-order valence-electron chi connectivity index (χ2n) is 5.10. The number of aliphatic carboxylic acids is 1. The van der Waals surface area contributed by atoms with Crippen LogP contribution in [0.3, 0.4) is 0 Å². The van der Waals surface area contributed by atoms with Crippen molar-refractivity contribution in [2.75, 3.05) is 26.8 Å². The Kier molecular flexibility index (Phi) is 6.24. The lowest BCUT2D eigenvalue weighted by molar-refractivity contribution is -0.144. The van der Waals surface area contributed by atoms with E-state index in [1.54, 1.807) is 0 Å². The van der Waals surface area contributed by atoms with Gasteiger partial charge >= 0.3 is 5.97 Å². The summed E-state index contributed by atoms with van der Waals surface area (Å²) in [5.74, 6) is -1.16. The molecule has 1 aliphatic rings. The quantitative estimate of drug-likeness (QED) is 0.594. The molecule has 19 heavy (non-hydrogen) atoms. The van der Waals surface area contributed by atoms with Crippen molar-refractivity contribution in [2.45, 2.75) is 38.6 Å². The molecule has 1 heterocycles. The van der Waals surface area contributed by atoms with E-state index in [-0.39, 0.29) is 12.3 Å². The zero-order valence-corrected chi connectivity index (χ0v) is 11.7. The van der Waals surface area contributed by atoms with Crippen LogP contribution in [0.15, 0.2) is 0 Å². The number of carboxylic acids is 1. The summed E-state index contributed by atoms with van der Waals surface area (Å²) in [6, 6.07) is -0.873. The molecule has 1 fully saturated rings. The lowest BCUT2D eigenvalue weighted by Crippen LogP contribution is -2.49. The average Bonchev–Trinajstić information content (AvgIpc) is 2.84. The number of carbonyl (C=O) groups excluding carboxylic acids is 1. The van der Waals surface area contributed by atoms with Crippen molar-refractivity contribution in [1.29, 1.82) is 0 Å². The Bertz CT molecular complexity index is 314. The number of hydrogen-bond donors (Lipinski definition) is 3. The van der Waals surface area contributed by atoms with Gasteiger partial charge in [0.25, 0.3) is 0 Å². The van der Waals surface area contributed by atoms with E-state index in [0.717, 1.165) is 25.8 Å². The molecule has 1 saturated heterocycles. The first-order valence-corrected chi connectivity index (χ1v) is 6.79. The first-order valence-electron chi connectivity index (χ1n) is 6.79. The number of rotatable bonds is 8. The molecule has 2 atom stereocenters. The molecular formula is C13H24N2O4. The van der Waals surface area contributed by atoms with E-state index in [4.69, 9.17) is 9.84 Å². The second-order valence-corrected chi connectivity index (χ2v) is 5.10. The molecule has 0 aromatic heterocycles. The maximum absolute atomic E-state index is 12.4. The minimum Gasteiger partial charge on any atom is -0.480 e. The number of ether oxygens (including phenoxy) is 1. The fourth-order valence-electron chi connectivity index (χ4n) is 2.55. The van der Waals surface area contributed by atoms with Gasteiger partial charge in [0, 0.05) is 26.7 Å². The molecule has 0 radical (unpaired) electrons. The Hall–Kier alpha value is -1.14. The van der Waals surface area contributed by atoms with Crippen molar-refractivity contribution in [3.63, 3.8) is 0 Å². The van der Waals surface area contributed by atoms with Crippen LogP contribution in [0.25, 0.3) is 0 Å². The van der Waals surface area contributed by atoms with Crippen LogP contribution in [-0.2, 0) is 14.3 Å². The van der Waals surface area contributed by atoms with Crippen LogP contribution in [0, 0.1) is 5.41 Å². The van der Waals surface area contributed by atoms with Gasteiger partial charge in [-0.3, -0.25) is 4.79 Å². The largest absolute Gasteiger partial charge is 0.480 e. The highest BCUT2D eigenvalue weighted by Crippen LogP contribution is 2.31. The molecule has 0 aromatic rings. The molecule has 0 spiro atoms. The number of carbonyl (C=O) groups is 2. The highest BCUT2D eigenvalue weighted by molar-refractivity contribution is 5.87. The van der Waals surface area contributed by atoms with Crippen molar-refractivity contribution in [3.05, 3.63) is 0 Å². The van der Waals surface area contributed by atoms with Crippen molar-refractivity contribution in [2.24, 2.45) is 5.41 Å². The van der Waals surface area contributed by atoms with Crippen molar-refractivity contribution < 1.29 is 19.4 Å². The van der Waals surface area contributed by atoms with Gasteiger partial charge in [0.15, 0.2) is 0 Å². The molecule has 1 aliphatic heterocycles. The molecule has 6 heteroatoms. The van der Waals surface area contributed by atoms with Crippen molar-refractivity contribution in [3.8, 4) is 0 Å². The molecule has 6 nitrogen and oxygen atoms in total. The monoisotopic (exact) mass is 272 g/mol. The van der Waals surface area contributed by atoms with E-state index in [9.17, 15) is 9.59 Å². The summed E-state index contributed by atoms with van der Waals surface area (Å²) in [5.41, 5.74) is -0.449. The van der Waals surface area contributed by atoms with Gasteiger partial charge in [-0.1, -0.05) is 13.3 Å². The average molecular weight is 272 g/mol. The minimum absolute atomic E-state index is 0.150. The van der Waals surface area contributed by atoms with Gasteiger partial charge in [0.05, 0.1) is 5.41 Å². The van der Waals surface area contributed by atoms with Crippen LogP contribution in [-0.4, -0.2) is 49.8 Å². The number of methoxy groups -OCH3 is 1. The third-order valence-electron chi connectivity index (χ3n) is 3.67. The molecule has 3 N–H and O–H groups in total. The third-order valence-corrected chi connectivity index (χ3v) is 3.67. The van der Waals surface area contributed by atoms with Crippen LogP contribution in [0.1, 0.15) is 32.6 Å². The fraction of sp³-hybridized carbons (Fsp3) is 0.846. The van der Waals surface area contributed by atoms with E-state index in [2.05, 4.69) is 10.6 Å². The lowest BCUT2D eigenvalue weighted by Gasteiger charge is -2.28.